The molecule has 4 radical (unpaired) electrons. The lowest BCUT2D eigenvalue weighted by molar-refractivity contribution is 0.824. The van der Waals surface area contributed by atoms with Gasteiger partial charge in [0.2, 0.25) is 0 Å². The molecule has 0 aromatic heterocycles. The second-order valence-corrected chi connectivity index (χ2v) is 0. The maximum atomic E-state index is 0. The minimum absolute atomic E-state index is 0. The Morgan fingerprint density at radius 2 is 0.600 bits per heavy atom. The van der Waals surface area contributed by atoms with Crippen LogP contribution in [0.2, 0.25) is 0 Å². The van der Waals surface area contributed by atoms with Gasteiger partial charge in [-0.05, 0) is 0 Å². The summed E-state index contributed by atoms with van der Waals surface area (Å²) < 4.78 is 0. The summed E-state index contributed by atoms with van der Waals surface area (Å²) in [5.74, 6) is 0. The molecule has 0 aliphatic rings. The number of rotatable bonds is 0. The van der Waals surface area contributed by atoms with E-state index in [4.69, 9.17) is 0 Å². The van der Waals surface area contributed by atoms with Crippen molar-refractivity contribution in [1.82, 2.24) is 12.3 Å². The van der Waals surface area contributed by atoms with E-state index >= 15 is 0 Å². The van der Waals surface area contributed by atoms with E-state index in [2.05, 4.69) is 0 Å². The summed E-state index contributed by atoms with van der Waals surface area (Å²) in [5.41, 5.74) is 0. The molecule has 0 aliphatic carbocycles. The second-order valence-electron chi connectivity index (χ2n) is 0. The molecule has 0 bridgehead atoms. The van der Waals surface area contributed by atoms with Crippen LogP contribution in [0.15, 0.2) is 0 Å². The monoisotopic (exact) mass is 100 g/mol. The van der Waals surface area contributed by atoms with Crippen molar-refractivity contribution in [3.05, 3.63) is 0 Å². The highest BCUT2D eigenvalue weighted by molar-refractivity contribution is 5.76. The quantitative estimate of drug-likeness (QED) is 0.371. The molecule has 0 saturated heterocycles. The third-order valence-electron chi connectivity index (χ3n) is 0. The Morgan fingerprint density at radius 1 is 0.600 bits per heavy atom. The molecule has 0 spiro atoms. The summed E-state index contributed by atoms with van der Waals surface area (Å²) in [6.07, 6.45) is 0. The molecule has 0 amide bonds. The Morgan fingerprint density at radius 3 is 0.600 bits per heavy atom. The molecule has 28 valence electrons. The third kappa shape index (κ3) is 31.6. The van der Waals surface area contributed by atoms with Gasteiger partial charge in [0.05, 0.1) is 0 Å². The van der Waals surface area contributed by atoms with Crippen LogP contribution in [0.3, 0.4) is 0 Å². The van der Waals surface area contributed by atoms with Crippen LogP contribution in [0, 0.1) is 0 Å². The lowest BCUT2D eigenvalue weighted by atomic mass is 14.0. The normalized spacial score (nSPS) is 0. The molecule has 0 rings (SSSR count). The molecular weight excluding hydrogens is 92.6 g/mol. The van der Waals surface area contributed by atoms with E-state index in [-0.39, 0.29) is 63.9 Å². The van der Waals surface area contributed by atoms with Gasteiger partial charge in [-0.25, -0.2) is 0 Å². The summed E-state index contributed by atoms with van der Waals surface area (Å²) in [5, 5.41) is 0. The Kier molecular flexibility index (Phi) is 995. The molecule has 0 aromatic rings. The van der Waals surface area contributed by atoms with Crippen LogP contribution in [-0.4, -0.2) is 51.6 Å². The van der Waals surface area contributed by atoms with Crippen molar-refractivity contribution < 1.29 is 5.48 Å². The Labute approximate surface area is 63.7 Å². The van der Waals surface area contributed by atoms with Crippen LogP contribution in [0.1, 0.15) is 0 Å². The summed E-state index contributed by atoms with van der Waals surface area (Å²) in [6, 6.07) is 0. The first kappa shape index (κ1) is 94.2. The first-order valence-electron chi connectivity index (χ1n) is 0. The first-order valence-corrected chi connectivity index (χ1v) is 0. The molecule has 0 unspecified atom stereocenters. The average Bonchev–Trinajstić information content (AvgIpc) is 0. The van der Waals surface area contributed by atoms with Crippen LogP contribution in [-0.2, 0) is 0 Å². The van der Waals surface area contributed by atoms with Gasteiger partial charge >= 0.3 is 0 Å². The molecule has 5 heteroatoms. The van der Waals surface area contributed by atoms with Gasteiger partial charge in [0.15, 0.2) is 0 Å². The molecule has 0 aliphatic heterocycles. The van der Waals surface area contributed by atoms with Gasteiger partial charge in [-0.2, -0.15) is 0 Å². The van der Waals surface area contributed by atoms with Crippen LogP contribution < -0.4 is 12.3 Å². The zero-order valence-corrected chi connectivity index (χ0v) is 6.16. The number of hydrogen-bond acceptors (Lipinski definition) is 2. The topological polar surface area (TPSA) is 102 Å². The van der Waals surface area contributed by atoms with Crippen LogP contribution in [0.25, 0.3) is 0 Å². The van der Waals surface area contributed by atoms with E-state index in [0.29, 0.717) is 0 Å². The third-order valence-corrected chi connectivity index (χ3v) is 0. The molecule has 0 saturated carbocycles. The van der Waals surface area contributed by atoms with Gasteiger partial charge in [-0.15, -0.1) is 0 Å². The minimum atomic E-state index is 0. The van der Waals surface area contributed by atoms with Crippen molar-refractivity contribution in [3.63, 3.8) is 0 Å². The zero-order chi connectivity index (χ0) is 0. The van der Waals surface area contributed by atoms with Crippen molar-refractivity contribution in [2.45, 2.75) is 0 Å². The summed E-state index contributed by atoms with van der Waals surface area (Å²) in [6.45, 7) is 0. The van der Waals surface area contributed by atoms with E-state index in [1.165, 1.54) is 0 Å². The van der Waals surface area contributed by atoms with Crippen LogP contribution in [0.5, 0.6) is 0 Å². The number of hydrogen-bond donors (Lipinski definition) is 2. The smallest absolute Gasteiger partial charge is 0 e. The first-order chi connectivity index (χ1) is 0. The largest absolute Gasteiger partial charge is 0.412 e. The van der Waals surface area contributed by atoms with Gasteiger partial charge < -0.3 is 17.8 Å². The maximum absolute atomic E-state index is 0. The van der Waals surface area contributed by atoms with E-state index in [1.54, 1.807) is 0 Å². The lowest BCUT2D eigenvalue weighted by Crippen LogP contribution is -0.482. The van der Waals surface area contributed by atoms with E-state index in [1.807, 2.05) is 0 Å². The highest BCUT2D eigenvalue weighted by atomic mass is 24.3. The Balaban J connectivity index is 0. The molecule has 5 heavy (non-hydrogen) atoms. The van der Waals surface area contributed by atoms with E-state index in [0.717, 1.165) is 0 Å². The second kappa shape index (κ2) is 52.8. The predicted octanol–water partition coefficient (Wildman–Crippen LogP) is -1.26. The van der Waals surface area contributed by atoms with Crippen molar-refractivity contribution in [2.75, 3.05) is 0 Å². The van der Waals surface area contributed by atoms with Crippen molar-refractivity contribution in [2.24, 2.45) is 0 Å². The highest BCUT2D eigenvalue weighted by Crippen LogP contribution is -0.289. The fourth-order valence-corrected chi connectivity index (χ4v) is 0. The fraction of sp³-hybridized carbons (Fsp3) is 0. The summed E-state index contributed by atoms with van der Waals surface area (Å²) >= 11 is 0. The Hall–Kier alpha value is 1.41. The minimum Gasteiger partial charge on any atom is -0.412 e. The van der Waals surface area contributed by atoms with Crippen LogP contribution >= 0.6 is 0 Å². The SMILES string of the molecule is N.N.O.[Mg].[Mg]. The predicted molar refractivity (Wildman–Crippen MR) is 25.2 cm³/mol. The summed E-state index contributed by atoms with van der Waals surface area (Å²) in [4.78, 5) is 0. The zero-order valence-electron chi connectivity index (χ0n) is 3.33. The van der Waals surface area contributed by atoms with Gasteiger partial charge in [-0.1, -0.05) is 0 Å². The van der Waals surface area contributed by atoms with Gasteiger partial charge in [0.1, 0.15) is 0 Å². The van der Waals surface area contributed by atoms with Gasteiger partial charge in [0, 0.05) is 46.1 Å². The average molecular weight is 101 g/mol. The highest BCUT2D eigenvalue weighted by Gasteiger charge is 0.00102. The van der Waals surface area contributed by atoms with Crippen molar-refractivity contribution in [3.8, 4) is 0 Å². The van der Waals surface area contributed by atoms with E-state index < -0.39 is 0 Å². The molecule has 0 aromatic carbocycles. The van der Waals surface area contributed by atoms with Gasteiger partial charge in [0.25, 0.3) is 0 Å². The maximum Gasteiger partial charge on any atom is 0 e. The van der Waals surface area contributed by atoms with Crippen molar-refractivity contribution in [1.29, 1.82) is 0 Å². The van der Waals surface area contributed by atoms with Crippen molar-refractivity contribution >= 4 is 46.1 Å². The fourth-order valence-electron chi connectivity index (χ4n) is 0. The molecule has 0 heterocycles. The standard InChI is InChI=1S/2Mg.2H3N.H2O/h;;2*1H3;1H2. The molecule has 3 nitrogen and oxygen atoms in total. The molecule has 0 atom stereocenters. The van der Waals surface area contributed by atoms with Crippen LogP contribution in [0.4, 0.5) is 0 Å². The lowest BCUT2D eigenvalue weighted by Gasteiger charge is -0.412. The summed E-state index contributed by atoms with van der Waals surface area (Å²) in [7, 11) is 0. The van der Waals surface area contributed by atoms with E-state index in [9.17, 15) is 0 Å². The Bertz CT molecular complexity index is 7.61. The molecule has 0 fully saturated rings. The van der Waals surface area contributed by atoms with Gasteiger partial charge in [-0.3, -0.25) is 0 Å². The molecule has 8 N–H and O–H groups in total. The molecular formula is H8Mg2N2O.